The van der Waals surface area contributed by atoms with E-state index in [1.54, 1.807) is 0 Å². The molecule has 0 aliphatic rings. The highest BCUT2D eigenvalue weighted by atomic mass is 79.9. The van der Waals surface area contributed by atoms with Crippen molar-refractivity contribution in [3.63, 3.8) is 0 Å². The second-order valence-electron chi connectivity index (χ2n) is 7.16. The fourth-order valence-corrected chi connectivity index (χ4v) is 3.93. The van der Waals surface area contributed by atoms with Gasteiger partial charge in [0.05, 0.1) is 15.6 Å². The van der Waals surface area contributed by atoms with Gasteiger partial charge in [-0.15, -0.1) is 0 Å². The Bertz CT molecular complexity index is 674. The molecule has 0 saturated carbocycles. The van der Waals surface area contributed by atoms with Gasteiger partial charge in [-0.05, 0) is 62.5 Å². The number of unbranched alkanes of at least 4 members (excludes halogenated alkanes) is 9. The molecule has 4 heteroatoms. The number of para-hydroxylation sites is 1. The lowest BCUT2D eigenvalue weighted by molar-refractivity contribution is 0.302. The molecule has 0 unspecified atom stereocenters. The minimum absolute atomic E-state index is 0.750. The van der Waals surface area contributed by atoms with Crippen molar-refractivity contribution < 1.29 is 9.47 Å². The summed E-state index contributed by atoms with van der Waals surface area (Å²) in [7, 11) is 0. The van der Waals surface area contributed by atoms with Gasteiger partial charge in [-0.1, -0.05) is 82.9 Å². The van der Waals surface area contributed by atoms with Crippen LogP contribution in [0, 0.1) is 0 Å². The molecule has 0 amide bonds. The molecule has 0 heterocycles. The Hall–Kier alpha value is -1.00. The van der Waals surface area contributed by atoms with E-state index in [0.717, 1.165) is 39.2 Å². The summed E-state index contributed by atoms with van der Waals surface area (Å²) in [6.45, 7) is 3.02. The van der Waals surface area contributed by atoms with Gasteiger partial charge in [-0.3, -0.25) is 0 Å². The number of hydrogen-bond donors (Lipinski definition) is 0. The fourth-order valence-electron chi connectivity index (χ4n) is 3.09. The average molecular weight is 512 g/mol. The number of rotatable bonds is 14. The maximum atomic E-state index is 5.96. The van der Waals surface area contributed by atoms with Crippen LogP contribution in [0.25, 0.3) is 0 Å². The Kier molecular flexibility index (Phi) is 11.7. The summed E-state index contributed by atoms with van der Waals surface area (Å²) in [4.78, 5) is 0. The third kappa shape index (κ3) is 9.00. The second kappa shape index (κ2) is 14.1. The first kappa shape index (κ1) is 23.3. The largest absolute Gasteiger partial charge is 0.492 e. The quantitative estimate of drug-likeness (QED) is 0.235. The van der Waals surface area contributed by atoms with Crippen LogP contribution >= 0.6 is 31.9 Å². The Morgan fingerprint density at radius 1 is 0.679 bits per heavy atom. The molecular weight excluding hydrogens is 480 g/mol. The third-order valence-corrected chi connectivity index (χ3v) is 5.95. The van der Waals surface area contributed by atoms with Crippen LogP contribution in [-0.4, -0.2) is 6.61 Å². The number of hydrogen-bond acceptors (Lipinski definition) is 2. The topological polar surface area (TPSA) is 18.5 Å². The summed E-state index contributed by atoms with van der Waals surface area (Å²) >= 11 is 7.18. The van der Waals surface area contributed by atoms with Gasteiger partial charge in [0.25, 0.3) is 0 Å². The highest BCUT2D eigenvalue weighted by molar-refractivity contribution is 9.11. The maximum absolute atomic E-state index is 5.96. The standard InChI is InChI=1S/C24H32Br2O2/c1-2-3-4-5-6-7-8-9-10-14-17-27-23-18-22(26)24(19-21(23)25)28-20-15-12-11-13-16-20/h11-13,15-16,18-19H,2-10,14,17H2,1H3. The van der Waals surface area contributed by atoms with E-state index in [1.165, 1.54) is 57.8 Å². The molecule has 0 saturated heterocycles. The van der Waals surface area contributed by atoms with Gasteiger partial charge < -0.3 is 9.47 Å². The van der Waals surface area contributed by atoms with Crippen LogP contribution in [0.1, 0.15) is 71.1 Å². The summed E-state index contributed by atoms with van der Waals surface area (Å²) in [6.07, 6.45) is 13.3. The summed E-state index contributed by atoms with van der Waals surface area (Å²) in [5.41, 5.74) is 0. The number of ether oxygens (including phenoxy) is 2. The molecule has 2 aromatic carbocycles. The third-order valence-electron chi connectivity index (χ3n) is 4.71. The van der Waals surface area contributed by atoms with Gasteiger partial charge in [0.1, 0.15) is 17.2 Å². The van der Waals surface area contributed by atoms with E-state index in [1.807, 2.05) is 42.5 Å². The molecule has 0 fully saturated rings. The Morgan fingerprint density at radius 2 is 1.21 bits per heavy atom. The maximum Gasteiger partial charge on any atom is 0.143 e. The van der Waals surface area contributed by atoms with Crippen molar-refractivity contribution in [1.82, 2.24) is 0 Å². The Morgan fingerprint density at radius 3 is 1.86 bits per heavy atom. The van der Waals surface area contributed by atoms with Crippen LogP contribution in [0.15, 0.2) is 51.4 Å². The molecule has 0 spiro atoms. The van der Waals surface area contributed by atoms with Crippen LogP contribution in [0.5, 0.6) is 17.2 Å². The first-order valence-electron chi connectivity index (χ1n) is 10.6. The van der Waals surface area contributed by atoms with Crippen molar-refractivity contribution in [2.24, 2.45) is 0 Å². The molecule has 154 valence electrons. The lowest BCUT2D eigenvalue weighted by Crippen LogP contribution is -1.98. The molecule has 2 nitrogen and oxygen atoms in total. The lowest BCUT2D eigenvalue weighted by atomic mass is 10.1. The summed E-state index contributed by atoms with van der Waals surface area (Å²) in [6, 6.07) is 13.7. The van der Waals surface area contributed by atoms with E-state index in [0.29, 0.717) is 0 Å². The van der Waals surface area contributed by atoms with Gasteiger partial charge in [0.15, 0.2) is 0 Å². The van der Waals surface area contributed by atoms with Crippen molar-refractivity contribution in [2.75, 3.05) is 6.61 Å². The van der Waals surface area contributed by atoms with Gasteiger partial charge in [0, 0.05) is 0 Å². The zero-order chi connectivity index (χ0) is 20.0. The molecule has 2 rings (SSSR count). The van der Waals surface area contributed by atoms with Crippen LogP contribution in [0.2, 0.25) is 0 Å². The predicted molar refractivity (Wildman–Crippen MR) is 126 cm³/mol. The monoisotopic (exact) mass is 510 g/mol. The van der Waals surface area contributed by atoms with E-state index in [9.17, 15) is 0 Å². The molecular formula is C24H32Br2O2. The normalized spacial score (nSPS) is 10.8. The van der Waals surface area contributed by atoms with Gasteiger partial charge in [-0.25, -0.2) is 0 Å². The van der Waals surface area contributed by atoms with E-state index in [2.05, 4.69) is 38.8 Å². The van der Waals surface area contributed by atoms with Crippen molar-refractivity contribution >= 4 is 31.9 Å². The first-order chi connectivity index (χ1) is 13.7. The molecule has 0 atom stereocenters. The lowest BCUT2D eigenvalue weighted by Gasteiger charge is -2.13. The minimum Gasteiger partial charge on any atom is -0.492 e. The molecule has 28 heavy (non-hydrogen) atoms. The van der Waals surface area contributed by atoms with Gasteiger partial charge in [0.2, 0.25) is 0 Å². The average Bonchev–Trinajstić information content (AvgIpc) is 2.70. The fraction of sp³-hybridized carbons (Fsp3) is 0.500. The van der Waals surface area contributed by atoms with Crippen molar-refractivity contribution in [2.45, 2.75) is 71.1 Å². The Balaban J connectivity index is 1.64. The highest BCUT2D eigenvalue weighted by Gasteiger charge is 2.10. The molecule has 0 aliphatic carbocycles. The molecule has 0 bridgehead atoms. The van der Waals surface area contributed by atoms with Crippen molar-refractivity contribution in [1.29, 1.82) is 0 Å². The predicted octanol–water partition coefficient (Wildman–Crippen LogP) is 9.30. The van der Waals surface area contributed by atoms with Gasteiger partial charge in [-0.2, -0.15) is 0 Å². The van der Waals surface area contributed by atoms with Crippen LogP contribution in [-0.2, 0) is 0 Å². The Labute approximate surface area is 187 Å². The summed E-state index contributed by atoms with van der Waals surface area (Å²) in [5.74, 6) is 2.43. The van der Waals surface area contributed by atoms with Crippen molar-refractivity contribution in [3.05, 3.63) is 51.4 Å². The molecule has 0 N–H and O–H groups in total. The number of halogens is 2. The van der Waals surface area contributed by atoms with Gasteiger partial charge >= 0.3 is 0 Å². The summed E-state index contributed by atoms with van der Waals surface area (Å²) in [5, 5.41) is 0. The first-order valence-corrected chi connectivity index (χ1v) is 12.1. The highest BCUT2D eigenvalue weighted by Crippen LogP contribution is 2.38. The molecule has 0 aliphatic heterocycles. The zero-order valence-electron chi connectivity index (χ0n) is 16.9. The van der Waals surface area contributed by atoms with E-state index in [-0.39, 0.29) is 0 Å². The zero-order valence-corrected chi connectivity index (χ0v) is 20.1. The van der Waals surface area contributed by atoms with E-state index >= 15 is 0 Å². The molecule has 2 aromatic rings. The minimum atomic E-state index is 0.750. The second-order valence-corrected chi connectivity index (χ2v) is 8.87. The van der Waals surface area contributed by atoms with Crippen LogP contribution in [0.3, 0.4) is 0 Å². The number of benzene rings is 2. The van der Waals surface area contributed by atoms with Crippen LogP contribution in [0.4, 0.5) is 0 Å². The SMILES string of the molecule is CCCCCCCCCCCCOc1cc(Br)c(Oc2ccccc2)cc1Br. The smallest absolute Gasteiger partial charge is 0.143 e. The molecule has 0 aromatic heterocycles. The van der Waals surface area contributed by atoms with E-state index < -0.39 is 0 Å². The van der Waals surface area contributed by atoms with Crippen molar-refractivity contribution in [3.8, 4) is 17.2 Å². The van der Waals surface area contributed by atoms with Crippen LogP contribution < -0.4 is 9.47 Å². The van der Waals surface area contributed by atoms with E-state index in [4.69, 9.17) is 9.47 Å². The molecule has 0 radical (unpaired) electrons. The summed E-state index contributed by atoms with van der Waals surface area (Å²) < 4.78 is 13.7.